The zero-order valence-electron chi connectivity index (χ0n) is 20.7. The number of rotatable bonds is 6. The summed E-state index contributed by atoms with van der Waals surface area (Å²) in [6, 6.07) is 11.3. The van der Waals surface area contributed by atoms with E-state index in [4.69, 9.17) is 10.5 Å². The third-order valence-corrected chi connectivity index (χ3v) is 7.00. The lowest BCUT2D eigenvalue weighted by Gasteiger charge is -2.30. The number of aromatic nitrogens is 2. The molecule has 5 rings (SSSR count). The third kappa shape index (κ3) is 3.80. The maximum absolute atomic E-state index is 13.9. The number of amides is 3. The summed E-state index contributed by atoms with van der Waals surface area (Å²) in [5, 5.41) is 4.51. The molecule has 1 aromatic heterocycles. The number of nitrogens with two attached hydrogens (primary N) is 1. The molecule has 2 aliphatic rings. The van der Waals surface area contributed by atoms with Gasteiger partial charge in [-0.05, 0) is 73.7 Å². The highest BCUT2D eigenvalue weighted by Gasteiger charge is 2.35. The number of carbonyl (C=O) groups excluding carboxylic acids is 3. The van der Waals surface area contributed by atoms with Crippen molar-refractivity contribution in [3.05, 3.63) is 64.5 Å². The van der Waals surface area contributed by atoms with E-state index in [-0.39, 0.29) is 17.5 Å². The summed E-state index contributed by atoms with van der Waals surface area (Å²) in [6.45, 7) is 5.05. The summed E-state index contributed by atoms with van der Waals surface area (Å²) in [7, 11) is 1.60. The van der Waals surface area contributed by atoms with Crippen molar-refractivity contribution in [3.63, 3.8) is 0 Å². The average Bonchev–Trinajstić information content (AvgIpc) is 3.48. The number of hydrogen-bond donors (Lipinski definition) is 1. The van der Waals surface area contributed by atoms with Gasteiger partial charge in [-0.2, -0.15) is 5.10 Å². The molecule has 186 valence electrons. The van der Waals surface area contributed by atoms with Gasteiger partial charge in [-0.15, -0.1) is 0 Å². The van der Waals surface area contributed by atoms with Gasteiger partial charge in [0.05, 0.1) is 12.8 Å². The molecule has 0 unspecified atom stereocenters. The molecule has 1 fully saturated rings. The van der Waals surface area contributed by atoms with Crippen molar-refractivity contribution < 1.29 is 19.1 Å². The first kappa shape index (κ1) is 23.6. The Kier molecular flexibility index (Phi) is 5.99. The van der Waals surface area contributed by atoms with Crippen molar-refractivity contribution in [1.29, 1.82) is 0 Å². The molecule has 9 nitrogen and oxygen atoms in total. The fourth-order valence-electron chi connectivity index (χ4n) is 5.17. The van der Waals surface area contributed by atoms with E-state index in [9.17, 15) is 14.4 Å². The van der Waals surface area contributed by atoms with E-state index in [0.717, 1.165) is 28.9 Å². The Labute approximate surface area is 209 Å². The highest BCUT2D eigenvalue weighted by molar-refractivity contribution is 6.10. The molecule has 1 saturated heterocycles. The van der Waals surface area contributed by atoms with E-state index >= 15 is 0 Å². The van der Waals surface area contributed by atoms with Crippen molar-refractivity contribution in [3.8, 4) is 11.4 Å². The van der Waals surface area contributed by atoms with Crippen LogP contribution in [0.2, 0.25) is 0 Å². The monoisotopic (exact) mass is 487 g/mol. The van der Waals surface area contributed by atoms with Crippen molar-refractivity contribution in [2.24, 2.45) is 5.73 Å². The third-order valence-electron chi connectivity index (χ3n) is 7.00. The van der Waals surface area contributed by atoms with Gasteiger partial charge in [0.15, 0.2) is 5.69 Å². The maximum Gasteiger partial charge on any atom is 0.277 e. The number of anilines is 2. The molecule has 2 aromatic carbocycles. The van der Waals surface area contributed by atoms with E-state index in [0.29, 0.717) is 55.0 Å². The minimum absolute atomic E-state index is 0.120. The number of nitrogens with zero attached hydrogens (tertiary/aromatic N) is 4. The van der Waals surface area contributed by atoms with Crippen LogP contribution in [0, 0.1) is 6.92 Å². The fraction of sp³-hybridized carbons (Fsp3) is 0.333. The normalized spacial score (nSPS) is 15.4. The number of benzene rings is 2. The fourth-order valence-corrected chi connectivity index (χ4v) is 5.17. The number of carbonyl (C=O) groups is 3. The molecule has 0 aliphatic carbocycles. The molecule has 0 spiro atoms. The van der Waals surface area contributed by atoms with Crippen LogP contribution in [-0.4, -0.2) is 47.7 Å². The number of primary amides is 1. The Morgan fingerprint density at radius 2 is 1.83 bits per heavy atom. The highest BCUT2D eigenvalue weighted by Crippen LogP contribution is 2.34. The standard InChI is InChI=1S/C27H29N5O4/c1-4-17-15-19(36-3)8-10-22(17)32-25-20(24(29-32)26(28)34)11-13-31(27(25)35)21-9-7-18(14-16(21)2)30-12-5-6-23(30)33/h7-10,14-15H,4-6,11-13H2,1-3H3,(H2,28,34). The van der Waals surface area contributed by atoms with Crippen molar-refractivity contribution in [2.75, 3.05) is 30.0 Å². The first-order valence-electron chi connectivity index (χ1n) is 12.2. The minimum atomic E-state index is -0.659. The van der Waals surface area contributed by atoms with Gasteiger partial charge in [-0.3, -0.25) is 14.4 Å². The summed E-state index contributed by atoms with van der Waals surface area (Å²) in [4.78, 5) is 41.9. The summed E-state index contributed by atoms with van der Waals surface area (Å²) in [6.07, 6.45) is 2.54. The first-order valence-corrected chi connectivity index (χ1v) is 12.2. The smallest absolute Gasteiger partial charge is 0.277 e. The zero-order valence-corrected chi connectivity index (χ0v) is 20.7. The highest BCUT2D eigenvalue weighted by atomic mass is 16.5. The van der Waals surface area contributed by atoms with Crippen molar-refractivity contribution in [2.45, 2.75) is 39.5 Å². The quantitative estimate of drug-likeness (QED) is 0.574. The molecule has 3 aromatic rings. The van der Waals surface area contributed by atoms with Gasteiger partial charge in [-0.1, -0.05) is 6.92 Å². The molecule has 9 heteroatoms. The van der Waals surface area contributed by atoms with Crippen LogP contribution in [0.25, 0.3) is 5.69 Å². The molecule has 2 aliphatic heterocycles. The van der Waals surface area contributed by atoms with Crippen LogP contribution in [0.3, 0.4) is 0 Å². The Morgan fingerprint density at radius 3 is 2.47 bits per heavy atom. The zero-order chi connectivity index (χ0) is 25.6. The lowest BCUT2D eigenvalue weighted by molar-refractivity contribution is -0.117. The number of ether oxygens (including phenoxy) is 1. The van der Waals surface area contributed by atoms with Gasteiger partial charge in [0.25, 0.3) is 11.8 Å². The molecule has 2 N–H and O–H groups in total. The molecule has 36 heavy (non-hydrogen) atoms. The number of fused-ring (bicyclic) bond motifs is 1. The van der Waals surface area contributed by atoms with Crippen molar-refractivity contribution >= 4 is 29.1 Å². The predicted molar refractivity (Wildman–Crippen MR) is 136 cm³/mol. The van der Waals surface area contributed by atoms with Gasteiger partial charge in [0.2, 0.25) is 5.91 Å². The van der Waals surface area contributed by atoms with Gasteiger partial charge in [0.1, 0.15) is 11.4 Å². The molecule has 0 radical (unpaired) electrons. The molecule has 0 saturated carbocycles. The number of hydrogen-bond acceptors (Lipinski definition) is 5. The largest absolute Gasteiger partial charge is 0.497 e. The molecule has 3 heterocycles. The SMILES string of the molecule is CCc1cc(OC)ccc1-n1nc(C(N)=O)c2c1C(=O)N(c1ccc(N3CCCC3=O)cc1C)CC2. The second-order valence-corrected chi connectivity index (χ2v) is 9.13. The molecular weight excluding hydrogens is 458 g/mol. The lowest BCUT2D eigenvalue weighted by Crippen LogP contribution is -2.39. The van der Waals surface area contributed by atoms with Crippen LogP contribution in [0.4, 0.5) is 11.4 Å². The Hall–Kier alpha value is -4.14. The van der Waals surface area contributed by atoms with Crippen LogP contribution < -0.4 is 20.3 Å². The topological polar surface area (TPSA) is 111 Å². The van der Waals surface area contributed by atoms with Crippen LogP contribution in [0.15, 0.2) is 36.4 Å². The summed E-state index contributed by atoms with van der Waals surface area (Å²) in [5.41, 5.74) is 10.8. The maximum atomic E-state index is 13.9. The lowest BCUT2D eigenvalue weighted by atomic mass is 10.0. The summed E-state index contributed by atoms with van der Waals surface area (Å²) >= 11 is 0. The first-order chi connectivity index (χ1) is 17.3. The summed E-state index contributed by atoms with van der Waals surface area (Å²) < 4.78 is 6.91. The van der Waals surface area contributed by atoms with Gasteiger partial charge < -0.3 is 20.3 Å². The molecule has 0 atom stereocenters. The van der Waals surface area contributed by atoms with Gasteiger partial charge >= 0.3 is 0 Å². The Balaban J connectivity index is 1.58. The molecule has 3 amide bonds. The van der Waals surface area contributed by atoms with E-state index in [1.54, 1.807) is 27.7 Å². The molecular formula is C27H29N5O4. The second-order valence-electron chi connectivity index (χ2n) is 9.13. The number of methoxy groups -OCH3 is 1. The second kappa shape index (κ2) is 9.14. The average molecular weight is 488 g/mol. The predicted octanol–water partition coefficient (Wildman–Crippen LogP) is 3.18. The number of aryl methyl sites for hydroxylation is 2. The van der Waals surface area contributed by atoms with Crippen molar-refractivity contribution in [1.82, 2.24) is 9.78 Å². The van der Waals surface area contributed by atoms with E-state index in [1.807, 2.05) is 44.2 Å². The van der Waals surface area contributed by atoms with Gasteiger partial charge in [-0.25, -0.2) is 4.68 Å². The van der Waals surface area contributed by atoms with E-state index in [1.165, 1.54) is 0 Å². The van der Waals surface area contributed by atoms with Crippen LogP contribution in [0.1, 0.15) is 57.4 Å². The summed E-state index contributed by atoms with van der Waals surface area (Å²) in [5.74, 6) is -0.0855. The van der Waals surface area contributed by atoms with Crippen LogP contribution in [0.5, 0.6) is 5.75 Å². The minimum Gasteiger partial charge on any atom is -0.497 e. The van der Waals surface area contributed by atoms with E-state index < -0.39 is 5.91 Å². The Bertz CT molecular complexity index is 1390. The van der Waals surface area contributed by atoms with E-state index in [2.05, 4.69) is 5.10 Å². The van der Waals surface area contributed by atoms with Gasteiger partial charge in [0, 0.05) is 36.4 Å². The van der Waals surface area contributed by atoms with Crippen LogP contribution in [-0.2, 0) is 17.6 Å². The molecule has 0 bridgehead atoms. The Morgan fingerprint density at radius 1 is 1.06 bits per heavy atom. The van der Waals surface area contributed by atoms with Crippen LogP contribution >= 0.6 is 0 Å².